The van der Waals surface area contributed by atoms with E-state index in [1.54, 1.807) is 0 Å². The number of benzene rings is 24. The van der Waals surface area contributed by atoms with Crippen LogP contribution in [0.4, 0.5) is 45.5 Å². The molecule has 0 saturated heterocycles. The third-order valence-electron chi connectivity index (χ3n) is 29.2. The number of fused-ring (bicyclic) bond motifs is 18. The lowest BCUT2D eigenvalue weighted by Crippen LogP contribution is -2.11. The van der Waals surface area contributed by atoms with E-state index in [4.69, 9.17) is 0 Å². The molecule has 0 radical (unpaired) electrons. The van der Waals surface area contributed by atoms with E-state index in [1.165, 1.54) is 237 Å². The maximum absolute atomic E-state index is 2.41. The van der Waals surface area contributed by atoms with Gasteiger partial charge in [-0.2, -0.15) is 0 Å². The SMILES string of the molecule is CN(c1ccc2ccccc2c1)c1ccc(-n2c3ccccc3c3ccccc32)c2ccccc12.CN(c1cccc(-c2ccccc2)c1)c1ccc(-n2c3ccccc3c3ccccc32)c2ccccc12.CN(c1cccc2ccccc12)c1ccc(-n2c3ccccc3c3ccccc32)c2ccccc12.CN(c1ccccc1-c1ccccc1)c1ccc(-n2c3ccccc3c3ccccc32)c2ccccc12. The van der Waals surface area contributed by atoms with Gasteiger partial charge in [0.15, 0.2) is 0 Å². The monoisotopic (exact) mass is 1840 g/mol. The third kappa shape index (κ3) is 15.3. The molecule has 684 valence electrons. The number of rotatable bonds is 14. The van der Waals surface area contributed by atoms with Crippen molar-refractivity contribution in [3.05, 3.63) is 534 Å². The molecule has 28 rings (SSSR count). The summed E-state index contributed by atoms with van der Waals surface area (Å²) < 4.78 is 9.64. The Balaban J connectivity index is 0.000000101. The number of aromatic nitrogens is 4. The summed E-state index contributed by atoms with van der Waals surface area (Å²) in [6.07, 6.45) is 0. The molecule has 0 amide bonds. The molecule has 24 aromatic carbocycles. The van der Waals surface area contributed by atoms with Crippen molar-refractivity contribution in [1.82, 2.24) is 18.3 Å². The third-order valence-corrected chi connectivity index (χ3v) is 29.2. The van der Waals surface area contributed by atoms with E-state index in [9.17, 15) is 0 Å². The highest BCUT2D eigenvalue weighted by molar-refractivity contribution is 6.17. The molecular weight excluding hydrogens is 1750 g/mol. The molecule has 0 aliphatic heterocycles. The highest BCUT2D eigenvalue weighted by atomic mass is 15.1. The first-order valence-corrected chi connectivity index (χ1v) is 49.4. The van der Waals surface area contributed by atoms with Gasteiger partial charge in [-0.1, -0.05) is 400 Å². The van der Waals surface area contributed by atoms with Crippen LogP contribution >= 0.6 is 0 Å². The van der Waals surface area contributed by atoms with Crippen molar-refractivity contribution in [1.29, 1.82) is 0 Å². The Hall–Kier alpha value is -18.8. The molecule has 0 atom stereocenters. The zero-order chi connectivity index (χ0) is 96.2. The zero-order valence-corrected chi connectivity index (χ0v) is 80.4. The fourth-order valence-electron chi connectivity index (χ4n) is 22.3. The maximum atomic E-state index is 2.41. The Labute approximate surface area is 836 Å². The molecular formula is C136H100N8. The van der Waals surface area contributed by atoms with Crippen LogP contribution in [-0.4, -0.2) is 46.5 Å². The van der Waals surface area contributed by atoms with Gasteiger partial charge in [-0.05, 0) is 166 Å². The number of anilines is 8. The van der Waals surface area contributed by atoms with Gasteiger partial charge in [0.25, 0.3) is 0 Å². The summed E-state index contributed by atoms with van der Waals surface area (Å²) in [6, 6.07) is 192. The summed E-state index contributed by atoms with van der Waals surface area (Å²) in [5, 5.41) is 25.1. The summed E-state index contributed by atoms with van der Waals surface area (Å²) in [5.41, 5.74) is 29.0. The Morgan fingerprint density at radius 2 is 0.375 bits per heavy atom. The lowest BCUT2D eigenvalue weighted by atomic mass is 10.0. The minimum atomic E-state index is 1.16. The van der Waals surface area contributed by atoms with Gasteiger partial charge < -0.3 is 37.9 Å². The maximum Gasteiger partial charge on any atom is 0.0542 e. The van der Waals surface area contributed by atoms with Gasteiger partial charge in [0.05, 0.1) is 66.9 Å². The quantitative estimate of drug-likeness (QED) is 0.109. The molecule has 28 aromatic rings. The van der Waals surface area contributed by atoms with Crippen LogP contribution in [0.3, 0.4) is 0 Å². The normalized spacial score (nSPS) is 11.5. The van der Waals surface area contributed by atoms with Crippen LogP contribution in [0.5, 0.6) is 0 Å². The largest absolute Gasteiger partial charge is 0.344 e. The highest BCUT2D eigenvalue weighted by Crippen LogP contribution is 2.48. The molecule has 0 aliphatic carbocycles. The minimum absolute atomic E-state index is 1.16. The van der Waals surface area contributed by atoms with Crippen LogP contribution in [-0.2, 0) is 0 Å². The van der Waals surface area contributed by atoms with Crippen LogP contribution in [0, 0.1) is 0 Å². The first-order valence-electron chi connectivity index (χ1n) is 49.4. The van der Waals surface area contributed by atoms with Gasteiger partial charge in [0.1, 0.15) is 0 Å². The van der Waals surface area contributed by atoms with Crippen LogP contribution in [0.25, 0.3) is 197 Å². The Bertz CT molecular complexity index is 9560. The van der Waals surface area contributed by atoms with Crippen molar-refractivity contribution < 1.29 is 0 Å². The lowest BCUT2D eigenvalue weighted by molar-refractivity contribution is 1.18. The van der Waals surface area contributed by atoms with Crippen LogP contribution in [0.2, 0.25) is 0 Å². The lowest BCUT2D eigenvalue weighted by Gasteiger charge is -2.25. The smallest absolute Gasteiger partial charge is 0.0542 e. The molecule has 0 N–H and O–H groups in total. The number of hydrogen-bond acceptors (Lipinski definition) is 4. The summed E-state index contributed by atoms with van der Waals surface area (Å²) in [7, 11) is 8.66. The van der Waals surface area contributed by atoms with Crippen molar-refractivity contribution >= 4 is 197 Å². The second-order valence-corrected chi connectivity index (χ2v) is 37.1. The van der Waals surface area contributed by atoms with Gasteiger partial charge in [-0.15, -0.1) is 0 Å². The molecule has 0 saturated carbocycles. The second-order valence-electron chi connectivity index (χ2n) is 37.1. The number of hydrogen-bond donors (Lipinski definition) is 0. The van der Waals surface area contributed by atoms with Crippen LogP contribution in [0.1, 0.15) is 0 Å². The molecule has 4 heterocycles. The van der Waals surface area contributed by atoms with Gasteiger partial charge in [0, 0.05) is 171 Å². The Morgan fingerprint density at radius 3 is 0.750 bits per heavy atom. The highest BCUT2D eigenvalue weighted by Gasteiger charge is 2.25. The first kappa shape index (κ1) is 86.8. The van der Waals surface area contributed by atoms with Gasteiger partial charge in [0.2, 0.25) is 0 Å². The molecule has 144 heavy (non-hydrogen) atoms. The molecule has 8 nitrogen and oxygen atoms in total. The van der Waals surface area contributed by atoms with E-state index in [-0.39, 0.29) is 0 Å². The first-order chi connectivity index (χ1) is 71.2. The average Bonchev–Trinajstić information content (AvgIpc) is 1.58. The standard InChI is InChI=1S/2C35H26N2.2C33H24N2/c1-36(31-20-10-7-15-26(31)25-13-3-2-4-14-25)32-23-24-35(28-17-6-5-16-27(28)32)37-33-21-11-8-18-29(33)30-19-9-12-22-34(30)37;1-36(27-15-11-14-26(24-27)25-12-3-2-4-13-25)32-22-23-35(29-17-6-5-16-28(29)32)37-33-20-9-7-18-30(33)31-19-8-10-21-34(31)37;1-34(29-20-10-12-23-11-2-3-13-24(23)29)30-21-22-33(26-15-5-4-14-25(26)30)35-31-18-8-6-16-27(31)28-17-7-9-19-32(28)35;1-34(25-19-18-23-10-2-3-11-24(23)22-25)30-20-21-33(27-13-5-4-12-26(27)30)35-31-16-8-6-14-28(31)29-15-7-9-17-32(29)35/h2*2-24H,1H3;2*2-22H,1H3. The van der Waals surface area contributed by atoms with E-state index in [2.05, 4.69) is 600 Å². The fourth-order valence-corrected chi connectivity index (χ4v) is 22.3. The van der Waals surface area contributed by atoms with Gasteiger partial charge in [-0.25, -0.2) is 0 Å². The topological polar surface area (TPSA) is 32.7 Å². The van der Waals surface area contributed by atoms with E-state index in [0.29, 0.717) is 0 Å². The van der Waals surface area contributed by atoms with Gasteiger partial charge in [-0.3, -0.25) is 0 Å². The molecule has 0 fully saturated rings. The minimum Gasteiger partial charge on any atom is -0.344 e. The molecule has 8 heteroatoms. The Morgan fingerprint density at radius 1 is 0.132 bits per heavy atom. The van der Waals surface area contributed by atoms with E-state index >= 15 is 0 Å². The van der Waals surface area contributed by atoms with Crippen molar-refractivity contribution in [2.24, 2.45) is 0 Å². The van der Waals surface area contributed by atoms with Crippen molar-refractivity contribution in [3.8, 4) is 45.0 Å². The number of para-hydroxylation sites is 9. The van der Waals surface area contributed by atoms with E-state index in [1.807, 2.05) is 0 Å². The van der Waals surface area contributed by atoms with E-state index < -0.39 is 0 Å². The molecule has 0 bridgehead atoms. The van der Waals surface area contributed by atoms with Crippen LogP contribution < -0.4 is 19.6 Å². The van der Waals surface area contributed by atoms with Crippen molar-refractivity contribution in [3.63, 3.8) is 0 Å². The zero-order valence-electron chi connectivity index (χ0n) is 80.4. The molecule has 4 aromatic heterocycles. The Kier molecular flexibility index (Phi) is 22.4. The molecule has 0 spiro atoms. The summed E-state index contributed by atoms with van der Waals surface area (Å²) in [6.45, 7) is 0. The van der Waals surface area contributed by atoms with E-state index in [0.717, 1.165) is 5.69 Å². The average molecular weight is 1850 g/mol. The molecule has 0 unspecified atom stereocenters. The summed E-state index contributed by atoms with van der Waals surface area (Å²) in [5.74, 6) is 0. The summed E-state index contributed by atoms with van der Waals surface area (Å²) >= 11 is 0. The van der Waals surface area contributed by atoms with Crippen molar-refractivity contribution in [2.45, 2.75) is 0 Å². The summed E-state index contributed by atoms with van der Waals surface area (Å²) in [4.78, 5) is 9.23. The fraction of sp³-hybridized carbons (Fsp3) is 0.0294. The van der Waals surface area contributed by atoms with Crippen molar-refractivity contribution in [2.75, 3.05) is 47.8 Å². The predicted octanol–water partition coefficient (Wildman–Crippen LogP) is 36.5. The second kappa shape index (κ2) is 37.2. The molecule has 0 aliphatic rings. The predicted molar refractivity (Wildman–Crippen MR) is 617 cm³/mol. The van der Waals surface area contributed by atoms with Gasteiger partial charge >= 0.3 is 0 Å². The van der Waals surface area contributed by atoms with Crippen LogP contribution in [0.15, 0.2) is 534 Å². The number of nitrogens with zero attached hydrogens (tertiary/aromatic N) is 8.